The fourth-order valence-electron chi connectivity index (χ4n) is 4.33. The Kier molecular flexibility index (Phi) is 3.90. The zero-order valence-electron chi connectivity index (χ0n) is 14.4. The molecule has 130 valence electrons. The van der Waals surface area contributed by atoms with Crippen LogP contribution in [0.4, 0.5) is 0 Å². The summed E-state index contributed by atoms with van der Waals surface area (Å²) in [6.07, 6.45) is 4.68. The van der Waals surface area contributed by atoms with Gasteiger partial charge in [0.1, 0.15) is 0 Å². The van der Waals surface area contributed by atoms with Crippen LogP contribution in [0.1, 0.15) is 44.0 Å². The summed E-state index contributed by atoms with van der Waals surface area (Å²) in [7, 11) is 0. The summed E-state index contributed by atoms with van der Waals surface area (Å²) < 4.78 is 0. The molecule has 1 spiro atoms. The van der Waals surface area contributed by atoms with E-state index in [1.54, 1.807) is 11.3 Å². The molecule has 5 nitrogen and oxygen atoms in total. The Bertz CT molecular complexity index is 641. The number of nitrogens with zero attached hydrogens (tertiary/aromatic N) is 3. The molecule has 1 aromatic heterocycles. The number of hydrogen-bond donors (Lipinski definition) is 0. The highest BCUT2D eigenvalue weighted by molar-refractivity contribution is 7.09. The number of amides is 2. The highest BCUT2D eigenvalue weighted by atomic mass is 32.1. The van der Waals surface area contributed by atoms with Crippen LogP contribution in [0.2, 0.25) is 0 Å². The maximum Gasteiger partial charge on any atom is 0.231 e. The monoisotopic (exact) mass is 347 g/mol. The van der Waals surface area contributed by atoms with Crippen molar-refractivity contribution in [2.24, 2.45) is 17.3 Å². The topological polar surface area (TPSA) is 53.5 Å². The third-order valence-corrected chi connectivity index (χ3v) is 6.55. The van der Waals surface area contributed by atoms with E-state index in [0.29, 0.717) is 19.0 Å². The Balaban J connectivity index is 1.63. The Morgan fingerprint density at radius 2 is 2.25 bits per heavy atom. The van der Waals surface area contributed by atoms with E-state index in [1.165, 1.54) is 0 Å². The minimum Gasteiger partial charge on any atom is -0.342 e. The lowest BCUT2D eigenvalue weighted by atomic mass is 9.77. The summed E-state index contributed by atoms with van der Waals surface area (Å²) in [6.45, 7) is 7.15. The molecule has 2 amide bonds. The van der Waals surface area contributed by atoms with Crippen molar-refractivity contribution in [3.05, 3.63) is 16.6 Å². The third kappa shape index (κ3) is 2.55. The van der Waals surface area contributed by atoms with Crippen LogP contribution in [-0.4, -0.2) is 52.8 Å². The second kappa shape index (κ2) is 5.83. The van der Waals surface area contributed by atoms with E-state index < -0.39 is 5.41 Å². The van der Waals surface area contributed by atoms with Crippen molar-refractivity contribution in [1.82, 2.24) is 14.8 Å². The predicted octanol–water partition coefficient (Wildman–Crippen LogP) is 2.35. The second-order valence-corrected chi connectivity index (χ2v) is 8.89. The van der Waals surface area contributed by atoms with Crippen molar-refractivity contribution in [2.45, 2.75) is 39.0 Å². The molecule has 0 unspecified atom stereocenters. The maximum absolute atomic E-state index is 13.3. The number of likely N-dealkylation sites (tertiary alicyclic amines) is 2. The average Bonchev–Trinajstić information content (AvgIpc) is 3.00. The molecule has 2 saturated heterocycles. The number of carbonyl (C=O) groups excluding carboxylic acids is 2. The van der Waals surface area contributed by atoms with E-state index in [4.69, 9.17) is 0 Å². The van der Waals surface area contributed by atoms with Gasteiger partial charge >= 0.3 is 0 Å². The molecule has 1 aliphatic carbocycles. The van der Waals surface area contributed by atoms with E-state index in [9.17, 15) is 9.59 Å². The third-order valence-electron chi connectivity index (χ3n) is 5.66. The summed E-state index contributed by atoms with van der Waals surface area (Å²) in [4.78, 5) is 34.4. The molecule has 1 aromatic rings. The molecule has 1 saturated carbocycles. The minimum absolute atomic E-state index is 0.0601. The standard InChI is InChI=1S/C18H25N3O2S/c1-12(2)9-20-7-5-18(17(20)23)11-21(16(22)13-3-4-13)10-14(18)15-19-6-8-24-15/h6,8,12-14H,3-5,7,9-11H2,1-2H3/t14-,18-/m1/s1. The van der Waals surface area contributed by atoms with Gasteiger partial charge in [0.15, 0.2) is 0 Å². The van der Waals surface area contributed by atoms with Crippen LogP contribution < -0.4 is 0 Å². The zero-order valence-corrected chi connectivity index (χ0v) is 15.2. The second-order valence-electron chi connectivity index (χ2n) is 7.97. The summed E-state index contributed by atoms with van der Waals surface area (Å²) in [6, 6.07) is 0. The summed E-state index contributed by atoms with van der Waals surface area (Å²) in [5.74, 6) is 1.23. The Hall–Kier alpha value is -1.43. The first-order valence-electron chi connectivity index (χ1n) is 8.99. The van der Waals surface area contributed by atoms with Crippen LogP contribution in [0, 0.1) is 17.3 Å². The van der Waals surface area contributed by atoms with Crippen LogP contribution in [0.15, 0.2) is 11.6 Å². The van der Waals surface area contributed by atoms with Gasteiger partial charge in [0, 0.05) is 49.6 Å². The van der Waals surface area contributed by atoms with Crippen molar-refractivity contribution in [3.63, 3.8) is 0 Å². The molecule has 3 heterocycles. The molecule has 6 heteroatoms. The van der Waals surface area contributed by atoms with Crippen LogP contribution >= 0.6 is 11.3 Å². The molecule has 2 atom stereocenters. The van der Waals surface area contributed by atoms with Gasteiger partial charge in [-0.2, -0.15) is 0 Å². The molecule has 0 N–H and O–H groups in total. The van der Waals surface area contributed by atoms with E-state index in [1.807, 2.05) is 21.4 Å². The van der Waals surface area contributed by atoms with E-state index in [2.05, 4.69) is 18.8 Å². The van der Waals surface area contributed by atoms with Crippen molar-refractivity contribution in [1.29, 1.82) is 0 Å². The highest BCUT2D eigenvalue weighted by Gasteiger charge is 2.59. The summed E-state index contributed by atoms with van der Waals surface area (Å²) in [5.41, 5.74) is -0.447. The van der Waals surface area contributed by atoms with E-state index in [0.717, 1.165) is 37.4 Å². The van der Waals surface area contributed by atoms with Crippen LogP contribution in [0.3, 0.4) is 0 Å². The number of rotatable bonds is 4. The maximum atomic E-state index is 13.3. The minimum atomic E-state index is -0.447. The van der Waals surface area contributed by atoms with Gasteiger partial charge in [-0.05, 0) is 25.2 Å². The van der Waals surface area contributed by atoms with Crippen molar-refractivity contribution < 1.29 is 9.59 Å². The molecule has 0 aromatic carbocycles. The fraction of sp³-hybridized carbons (Fsp3) is 0.722. The lowest BCUT2D eigenvalue weighted by molar-refractivity contribution is -0.137. The van der Waals surface area contributed by atoms with Crippen LogP contribution in [0.5, 0.6) is 0 Å². The van der Waals surface area contributed by atoms with Crippen molar-refractivity contribution >= 4 is 23.2 Å². The average molecular weight is 347 g/mol. The SMILES string of the molecule is CC(C)CN1CC[C@]2(CN(C(=O)C3CC3)C[C@@H]2c2nccs2)C1=O. The molecule has 4 rings (SSSR count). The number of hydrogen-bond acceptors (Lipinski definition) is 4. The molecular formula is C18H25N3O2S. The number of thiazole rings is 1. The van der Waals surface area contributed by atoms with Crippen LogP contribution in [-0.2, 0) is 9.59 Å². The number of aromatic nitrogens is 1. The number of carbonyl (C=O) groups is 2. The van der Waals surface area contributed by atoms with E-state index in [-0.39, 0.29) is 23.7 Å². The largest absolute Gasteiger partial charge is 0.342 e. The zero-order chi connectivity index (χ0) is 16.9. The molecule has 3 aliphatic rings. The molecular weight excluding hydrogens is 322 g/mol. The van der Waals surface area contributed by atoms with Gasteiger partial charge in [0.2, 0.25) is 11.8 Å². The quantitative estimate of drug-likeness (QED) is 0.840. The van der Waals surface area contributed by atoms with Gasteiger partial charge in [0.25, 0.3) is 0 Å². The Labute approximate surface area is 147 Å². The molecule has 0 bridgehead atoms. The lowest BCUT2D eigenvalue weighted by Gasteiger charge is -2.28. The van der Waals surface area contributed by atoms with Gasteiger partial charge in [-0.25, -0.2) is 4.98 Å². The molecule has 3 fully saturated rings. The van der Waals surface area contributed by atoms with Crippen molar-refractivity contribution in [2.75, 3.05) is 26.2 Å². The van der Waals surface area contributed by atoms with Crippen LogP contribution in [0.25, 0.3) is 0 Å². The first-order chi connectivity index (χ1) is 11.5. The van der Waals surface area contributed by atoms with E-state index >= 15 is 0 Å². The summed E-state index contributed by atoms with van der Waals surface area (Å²) >= 11 is 1.62. The predicted molar refractivity (Wildman–Crippen MR) is 92.6 cm³/mol. The smallest absolute Gasteiger partial charge is 0.231 e. The molecule has 24 heavy (non-hydrogen) atoms. The van der Waals surface area contributed by atoms with Gasteiger partial charge in [-0.1, -0.05) is 13.8 Å². The van der Waals surface area contributed by atoms with Gasteiger partial charge in [-0.3, -0.25) is 9.59 Å². The van der Waals surface area contributed by atoms with Gasteiger partial charge in [-0.15, -0.1) is 11.3 Å². The Morgan fingerprint density at radius 3 is 2.88 bits per heavy atom. The first kappa shape index (κ1) is 16.1. The fourth-order valence-corrected chi connectivity index (χ4v) is 5.18. The first-order valence-corrected chi connectivity index (χ1v) is 9.87. The molecule has 0 radical (unpaired) electrons. The normalized spacial score (nSPS) is 30.1. The summed E-state index contributed by atoms with van der Waals surface area (Å²) in [5, 5.41) is 2.99. The van der Waals surface area contributed by atoms with Gasteiger partial charge in [0.05, 0.1) is 10.4 Å². The molecule has 2 aliphatic heterocycles. The highest BCUT2D eigenvalue weighted by Crippen LogP contribution is 2.51. The lowest BCUT2D eigenvalue weighted by Crippen LogP contribution is -2.41. The van der Waals surface area contributed by atoms with Crippen molar-refractivity contribution in [3.8, 4) is 0 Å². The Morgan fingerprint density at radius 1 is 1.46 bits per heavy atom. The van der Waals surface area contributed by atoms with Gasteiger partial charge < -0.3 is 9.80 Å².